The van der Waals surface area contributed by atoms with E-state index >= 15 is 0 Å². The lowest BCUT2D eigenvalue weighted by atomic mass is 9.62. The molecule has 2 aromatic rings. The van der Waals surface area contributed by atoms with E-state index in [0.717, 1.165) is 60.8 Å². The average Bonchev–Trinajstić information content (AvgIpc) is 0.815. The maximum atomic E-state index is 13.4. The fourth-order valence-corrected chi connectivity index (χ4v) is 19.9. The summed E-state index contributed by atoms with van der Waals surface area (Å²) in [5.74, 6) is 2.92. The molecule has 8 atom stereocenters. The molecule has 0 saturated heterocycles. The van der Waals surface area contributed by atoms with E-state index in [4.69, 9.17) is 28.4 Å². The monoisotopic (exact) mass is 1450 g/mol. The summed E-state index contributed by atoms with van der Waals surface area (Å²) in [6, 6.07) is 19.9. The maximum absolute atomic E-state index is 13.4. The lowest BCUT2D eigenvalue weighted by molar-refractivity contribution is 0.0609. The number of amides is 6. The summed E-state index contributed by atoms with van der Waals surface area (Å²) in [7, 11) is 0. The first-order valence-electron chi connectivity index (χ1n) is 34.4. The van der Waals surface area contributed by atoms with E-state index in [1.807, 2.05) is 111 Å². The van der Waals surface area contributed by atoms with Crippen LogP contribution in [0.3, 0.4) is 0 Å². The Morgan fingerprint density at radius 3 is 1.29 bits per heavy atom. The molecule has 544 valence electrons. The molecule has 3 fully saturated rings. The van der Waals surface area contributed by atoms with E-state index in [0.29, 0.717) is 79.8 Å². The van der Waals surface area contributed by atoms with Crippen LogP contribution in [0.2, 0.25) is 0 Å². The molecule has 6 N–H and O–H groups in total. The van der Waals surface area contributed by atoms with Gasteiger partial charge in [0.25, 0.3) is 0 Å². The molecule has 8 unspecified atom stereocenters. The van der Waals surface area contributed by atoms with Crippen LogP contribution < -0.4 is 31.9 Å². The van der Waals surface area contributed by atoms with E-state index in [-0.39, 0.29) is 83.5 Å². The maximum Gasteiger partial charge on any atom is 0.412 e. The first-order valence-corrected chi connectivity index (χ1v) is 38.4. The Bertz CT molecular complexity index is 3430. The van der Waals surface area contributed by atoms with Gasteiger partial charge >= 0.3 is 36.6 Å². The van der Waals surface area contributed by atoms with Gasteiger partial charge < -0.3 is 60.3 Å². The van der Waals surface area contributed by atoms with Crippen LogP contribution >= 0.6 is 47.0 Å². The zero-order valence-corrected chi connectivity index (χ0v) is 63.4. The van der Waals surface area contributed by atoms with Crippen molar-refractivity contribution in [1.29, 1.82) is 10.5 Å². The van der Waals surface area contributed by atoms with Gasteiger partial charge in [0.1, 0.15) is 37.9 Å². The number of nitriles is 2. The van der Waals surface area contributed by atoms with Gasteiger partial charge in [0.2, 0.25) is 0 Å². The van der Waals surface area contributed by atoms with Crippen molar-refractivity contribution in [2.45, 2.75) is 198 Å². The summed E-state index contributed by atoms with van der Waals surface area (Å²) in [4.78, 5) is 78.0. The Labute approximate surface area is 609 Å². The molecular weight excluding hydrogens is 1350 g/mol. The Morgan fingerprint density at radius 1 is 0.490 bits per heavy atom. The van der Waals surface area contributed by atoms with Crippen LogP contribution in [0.25, 0.3) is 0 Å². The summed E-state index contributed by atoms with van der Waals surface area (Å²) < 4.78 is 32.0. The summed E-state index contributed by atoms with van der Waals surface area (Å²) >= 11 is 5.96. The van der Waals surface area contributed by atoms with Crippen molar-refractivity contribution in [2.24, 2.45) is 32.5 Å². The van der Waals surface area contributed by atoms with Crippen molar-refractivity contribution >= 4 is 83.6 Å². The van der Waals surface area contributed by atoms with Gasteiger partial charge in [-0.05, 0) is 151 Å². The lowest BCUT2D eigenvalue weighted by Gasteiger charge is -2.46. The standard InChI is InChI=1S/C76H104N8O12S4/c1-12-14-16-18-31-91-63(85)79-51-73(10)38-59(35-70(5,6)47-73)83-67(89)95-61-29-33-97-76(40-61,50-78)99-44-57-26-20-54(21-27-57)41-93-65(87)81-53-72(9)37-58(34-69(3,4)46-72)82-66(88)94-42-55-22-24-56(25-23-55)43-98-75(49-77)30-28-62(45-100-75)96-68(90)84-60-36-71(7,8)48-74(11,39-60)52-80-64(86)92-32-19-17-15-13-2/h12-29,58-60H,30-48,51-53H2,1-11H3,(H,79,85)(H,80,86)(H,81,87)(H,82,88)(H,83,89)(H,84,90)/b14-12+,15-13+,18-16+,19-17+. The second-order valence-corrected chi connectivity index (χ2v) is 36.2. The number of nitrogens with zero attached hydrogens (tertiary/aromatic N) is 2. The number of allylic oxidation sites excluding steroid dienone is 8. The molecule has 2 aliphatic heterocycles. The van der Waals surface area contributed by atoms with Crippen LogP contribution in [-0.2, 0) is 53.1 Å². The predicted molar refractivity (Wildman–Crippen MR) is 398 cm³/mol. The van der Waals surface area contributed by atoms with Crippen molar-refractivity contribution in [3.8, 4) is 12.1 Å². The van der Waals surface area contributed by atoms with E-state index in [1.54, 1.807) is 12.2 Å². The van der Waals surface area contributed by atoms with E-state index in [1.165, 1.54) is 47.0 Å². The molecule has 0 spiro atoms. The smallest absolute Gasteiger partial charge is 0.412 e. The fraction of sp³-hybridized carbons (Fsp3) is 0.579. The lowest BCUT2D eigenvalue weighted by Crippen LogP contribution is -2.50. The SMILES string of the molecule is C/C=C/C=C/COC(=O)NCC1(C)CC(NC(=O)OC2=CCC(C#N)(SCc3ccc(COC(=O)NC4CC(C)(C)CC(C)(CNC(=O)OCc5ccc(CSC6(C#N)CC(OC(=O)NC7CC(C)(C)CC(C)(CNC(=O)OC/C=C/C=C/C)C7)=CCS6)cc5)C4)cc3)SC2)CC(C)(C)C1. The number of carbonyl (C=O) groups is 6. The minimum atomic E-state index is -0.875. The Hall–Kier alpha value is -7.12. The van der Waals surface area contributed by atoms with E-state index in [2.05, 4.69) is 106 Å². The molecular formula is C76H104N8O12S4. The molecule has 6 amide bonds. The molecule has 100 heavy (non-hydrogen) atoms. The molecule has 7 rings (SSSR count). The molecule has 0 bridgehead atoms. The van der Waals surface area contributed by atoms with Crippen LogP contribution in [-0.4, -0.2) is 107 Å². The van der Waals surface area contributed by atoms with E-state index < -0.39 is 44.7 Å². The van der Waals surface area contributed by atoms with Crippen LogP contribution in [0.4, 0.5) is 28.8 Å². The number of rotatable bonds is 27. The van der Waals surface area contributed by atoms with Gasteiger partial charge in [-0.2, -0.15) is 10.5 Å². The van der Waals surface area contributed by atoms with Gasteiger partial charge in [0, 0.05) is 67.9 Å². The summed E-state index contributed by atoms with van der Waals surface area (Å²) in [6.07, 6.45) is 22.6. The largest absolute Gasteiger partial charge is 0.445 e. The molecule has 0 radical (unpaired) electrons. The van der Waals surface area contributed by atoms with Crippen LogP contribution in [0.1, 0.15) is 169 Å². The molecule has 3 aliphatic carbocycles. The van der Waals surface area contributed by atoms with E-state index in [9.17, 15) is 39.3 Å². The van der Waals surface area contributed by atoms with Crippen LogP contribution in [0, 0.1) is 55.2 Å². The number of hydrogen-bond donors (Lipinski definition) is 6. The molecule has 24 heteroatoms. The van der Waals surface area contributed by atoms with Crippen molar-refractivity contribution in [1.82, 2.24) is 31.9 Å². The predicted octanol–water partition coefficient (Wildman–Crippen LogP) is 16.7. The molecule has 20 nitrogen and oxygen atoms in total. The van der Waals surface area contributed by atoms with Crippen LogP contribution in [0.15, 0.2) is 121 Å². The topological polar surface area (TPSA) is 278 Å². The molecule has 2 aromatic carbocycles. The quantitative estimate of drug-likeness (QED) is 0.0358. The fourth-order valence-electron chi connectivity index (χ4n) is 15.1. The van der Waals surface area contributed by atoms with Gasteiger partial charge in [-0.25, -0.2) is 28.8 Å². The van der Waals surface area contributed by atoms with Gasteiger partial charge in [0.15, 0.2) is 8.16 Å². The number of nitrogens with one attached hydrogen (secondary N) is 6. The number of alkyl carbamates (subject to hydrolysis) is 6. The van der Waals surface area contributed by atoms with Crippen molar-refractivity contribution in [3.63, 3.8) is 0 Å². The number of carbonyl (C=O) groups excluding carboxylic acids is 6. The Balaban J connectivity index is 0.775. The number of benzene rings is 2. The van der Waals surface area contributed by atoms with Crippen molar-refractivity contribution < 1.29 is 57.2 Å². The molecule has 2 heterocycles. The minimum absolute atomic E-state index is 0.0604. The molecule has 5 aliphatic rings. The second kappa shape index (κ2) is 36.7. The third kappa shape index (κ3) is 27.0. The third-order valence-electron chi connectivity index (χ3n) is 18.4. The highest BCUT2D eigenvalue weighted by atomic mass is 32.2. The molecule has 3 saturated carbocycles. The number of thioether (sulfide) groups is 4. The highest BCUT2D eigenvalue weighted by molar-refractivity contribution is 8.18. The normalized spacial score (nSPS) is 26.9. The van der Waals surface area contributed by atoms with Gasteiger partial charge in [0.05, 0.1) is 17.9 Å². The molecule has 0 aromatic heterocycles. The second-order valence-electron chi connectivity index (χ2n) is 30.6. The summed E-state index contributed by atoms with van der Waals surface area (Å²) in [5.41, 5.74) is 2.36. The van der Waals surface area contributed by atoms with Crippen molar-refractivity contribution in [3.05, 3.63) is 143 Å². The number of ether oxygens (including phenoxy) is 6. The first kappa shape index (κ1) is 80.2. The zero-order valence-electron chi connectivity index (χ0n) is 60.1. The van der Waals surface area contributed by atoms with Gasteiger partial charge in [-0.15, -0.1) is 47.0 Å². The Morgan fingerprint density at radius 2 is 0.880 bits per heavy atom. The summed E-state index contributed by atoms with van der Waals surface area (Å²) in [6.45, 7) is 24.8. The zero-order chi connectivity index (χ0) is 72.7. The van der Waals surface area contributed by atoms with Crippen LogP contribution in [0.5, 0.6) is 0 Å². The van der Waals surface area contributed by atoms with Gasteiger partial charge in [-0.1, -0.05) is 147 Å². The Kier molecular flexibility index (Phi) is 29.4. The first-order chi connectivity index (χ1) is 47.3. The van der Waals surface area contributed by atoms with Crippen molar-refractivity contribution in [2.75, 3.05) is 44.4 Å². The minimum Gasteiger partial charge on any atom is -0.445 e. The van der Waals surface area contributed by atoms with Gasteiger partial charge in [-0.3, -0.25) is 0 Å². The summed E-state index contributed by atoms with van der Waals surface area (Å²) in [5, 5.41) is 38.9. The average molecular weight is 1450 g/mol. The number of hydrogen-bond acceptors (Lipinski definition) is 18. The highest BCUT2D eigenvalue weighted by Gasteiger charge is 2.46. The highest BCUT2D eigenvalue weighted by Crippen LogP contribution is 2.51. The third-order valence-corrected chi connectivity index (χ3v) is 24.4.